The van der Waals surface area contributed by atoms with Crippen molar-refractivity contribution in [3.05, 3.63) is 59.9 Å². The van der Waals surface area contributed by atoms with Crippen molar-refractivity contribution in [1.82, 2.24) is 4.90 Å². The average molecular weight is 431 g/mol. The number of amides is 1. The van der Waals surface area contributed by atoms with Crippen LogP contribution >= 0.6 is 0 Å². The minimum atomic E-state index is -1.82. The van der Waals surface area contributed by atoms with Gasteiger partial charge in [0.05, 0.1) is 5.69 Å². The number of carboxylic acid groups (broad SMARTS) is 2. The second-order valence-corrected chi connectivity index (χ2v) is 7.06. The van der Waals surface area contributed by atoms with E-state index in [4.69, 9.17) is 19.8 Å². The molecule has 1 amide bonds. The summed E-state index contributed by atoms with van der Waals surface area (Å²) in [5.41, 5.74) is 2.63. The van der Waals surface area contributed by atoms with Crippen molar-refractivity contribution in [3.8, 4) is 0 Å². The van der Waals surface area contributed by atoms with Crippen molar-refractivity contribution in [3.63, 3.8) is 0 Å². The van der Waals surface area contributed by atoms with E-state index >= 15 is 0 Å². The van der Waals surface area contributed by atoms with Crippen molar-refractivity contribution in [1.29, 1.82) is 0 Å². The van der Waals surface area contributed by atoms with Crippen molar-refractivity contribution < 1.29 is 29.0 Å². The molecular formula is C22H26FN3O5. The van der Waals surface area contributed by atoms with Crippen LogP contribution in [0.1, 0.15) is 12.0 Å². The minimum Gasteiger partial charge on any atom is -0.473 e. The van der Waals surface area contributed by atoms with Gasteiger partial charge in [0.25, 0.3) is 0 Å². The topological polar surface area (TPSA) is 110 Å². The number of halogens is 1. The number of rotatable bonds is 5. The van der Waals surface area contributed by atoms with Crippen molar-refractivity contribution in [2.45, 2.75) is 13.3 Å². The zero-order valence-electron chi connectivity index (χ0n) is 17.3. The van der Waals surface area contributed by atoms with E-state index in [9.17, 15) is 9.18 Å². The standard InChI is InChI=1S/C20H24FN3O.C2H2O4/c1-16-5-4-6-17(15-16)22-20(25)9-10-23-11-13-24(14-12-23)19-8-3-2-7-18(19)21;3-1(4)2(5)6/h2-8,15H,9-14H2,1H3,(H,22,25);(H,3,4)(H,5,6). The second-order valence-electron chi connectivity index (χ2n) is 7.06. The fourth-order valence-corrected chi connectivity index (χ4v) is 3.13. The normalized spacial score (nSPS) is 13.7. The number of nitrogens with zero attached hydrogens (tertiary/aromatic N) is 2. The van der Waals surface area contributed by atoms with Gasteiger partial charge in [-0.1, -0.05) is 24.3 Å². The monoisotopic (exact) mass is 431 g/mol. The number of carbonyl (C=O) groups is 3. The summed E-state index contributed by atoms with van der Waals surface area (Å²) in [5, 5.41) is 17.7. The molecule has 0 spiro atoms. The highest BCUT2D eigenvalue weighted by atomic mass is 19.1. The lowest BCUT2D eigenvalue weighted by atomic mass is 10.2. The fraction of sp³-hybridized carbons (Fsp3) is 0.318. The SMILES string of the molecule is Cc1cccc(NC(=O)CCN2CCN(c3ccccc3F)CC2)c1.O=C(O)C(=O)O. The Labute approximate surface area is 179 Å². The Morgan fingerprint density at radius 1 is 0.968 bits per heavy atom. The Kier molecular flexibility index (Phi) is 8.95. The van der Waals surface area contributed by atoms with Gasteiger partial charge in [0.2, 0.25) is 5.91 Å². The summed E-state index contributed by atoms with van der Waals surface area (Å²) < 4.78 is 13.9. The van der Waals surface area contributed by atoms with E-state index < -0.39 is 11.9 Å². The summed E-state index contributed by atoms with van der Waals surface area (Å²) >= 11 is 0. The van der Waals surface area contributed by atoms with E-state index in [1.807, 2.05) is 43.3 Å². The number of piperazine rings is 1. The van der Waals surface area contributed by atoms with Crippen LogP contribution in [0.2, 0.25) is 0 Å². The summed E-state index contributed by atoms with van der Waals surface area (Å²) in [4.78, 5) is 34.6. The molecule has 3 N–H and O–H groups in total. The molecule has 0 unspecified atom stereocenters. The Morgan fingerprint density at radius 3 is 2.19 bits per heavy atom. The van der Waals surface area contributed by atoms with E-state index in [-0.39, 0.29) is 11.7 Å². The molecular weight excluding hydrogens is 405 g/mol. The summed E-state index contributed by atoms with van der Waals surface area (Å²) in [7, 11) is 0. The van der Waals surface area contributed by atoms with E-state index in [0.717, 1.165) is 44.0 Å². The maximum absolute atomic E-state index is 13.9. The number of carboxylic acids is 2. The smallest absolute Gasteiger partial charge is 0.414 e. The largest absolute Gasteiger partial charge is 0.473 e. The summed E-state index contributed by atoms with van der Waals surface area (Å²) in [5.74, 6) is -3.79. The van der Waals surface area contributed by atoms with Gasteiger partial charge in [-0.2, -0.15) is 0 Å². The first-order valence-electron chi connectivity index (χ1n) is 9.81. The van der Waals surface area contributed by atoms with Gasteiger partial charge >= 0.3 is 11.9 Å². The predicted octanol–water partition coefficient (Wildman–Crippen LogP) is 2.44. The zero-order chi connectivity index (χ0) is 22.8. The van der Waals surface area contributed by atoms with Gasteiger partial charge < -0.3 is 20.4 Å². The van der Waals surface area contributed by atoms with Crippen LogP contribution in [-0.4, -0.2) is 65.7 Å². The van der Waals surface area contributed by atoms with Crippen LogP contribution in [0, 0.1) is 12.7 Å². The highest BCUT2D eigenvalue weighted by molar-refractivity contribution is 6.27. The lowest BCUT2D eigenvalue weighted by molar-refractivity contribution is -0.159. The average Bonchev–Trinajstić information content (AvgIpc) is 2.73. The summed E-state index contributed by atoms with van der Waals surface area (Å²) in [6, 6.07) is 14.7. The van der Waals surface area contributed by atoms with Gasteiger partial charge in [-0.05, 0) is 36.8 Å². The van der Waals surface area contributed by atoms with Crippen molar-refractivity contribution >= 4 is 29.2 Å². The minimum absolute atomic E-state index is 0.0298. The Morgan fingerprint density at radius 2 is 1.61 bits per heavy atom. The van der Waals surface area contributed by atoms with Gasteiger partial charge in [-0.3, -0.25) is 9.69 Å². The molecule has 3 rings (SSSR count). The zero-order valence-corrected chi connectivity index (χ0v) is 17.3. The van der Waals surface area contributed by atoms with Crippen molar-refractivity contribution in [2.24, 2.45) is 0 Å². The molecule has 166 valence electrons. The predicted molar refractivity (Wildman–Crippen MR) is 115 cm³/mol. The number of aryl methyl sites for hydroxylation is 1. The van der Waals surface area contributed by atoms with E-state index in [1.54, 1.807) is 6.07 Å². The van der Waals surface area contributed by atoms with E-state index in [1.165, 1.54) is 6.07 Å². The highest BCUT2D eigenvalue weighted by Crippen LogP contribution is 2.20. The molecule has 0 atom stereocenters. The molecule has 2 aromatic carbocycles. The van der Waals surface area contributed by atoms with Gasteiger partial charge in [0.1, 0.15) is 5.82 Å². The number of carbonyl (C=O) groups excluding carboxylic acids is 1. The molecule has 0 radical (unpaired) electrons. The number of hydrogen-bond donors (Lipinski definition) is 3. The van der Waals surface area contributed by atoms with Crippen LogP contribution in [0.5, 0.6) is 0 Å². The first-order valence-corrected chi connectivity index (χ1v) is 9.81. The molecule has 9 heteroatoms. The van der Waals surface area contributed by atoms with Crippen LogP contribution in [0.25, 0.3) is 0 Å². The third-order valence-electron chi connectivity index (χ3n) is 4.71. The summed E-state index contributed by atoms with van der Waals surface area (Å²) in [6.07, 6.45) is 0.466. The van der Waals surface area contributed by atoms with Crippen LogP contribution in [0.4, 0.5) is 15.8 Å². The van der Waals surface area contributed by atoms with Crippen molar-refractivity contribution in [2.75, 3.05) is 42.9 Å². The maximum atomic E-state index is 13.9. The molecule has 1 aliphatic heterocycles. The third kappa shape index (κ3) is 8.06. The molecule has 0 bridgehead atoms. The third-order valence-corrected chi connectivity index (χ3v) is 4.71. The van der Waals surface area contributed by atoms with Gasteiger partial charge in [0, 0.05) is 44.8 Å². The molecule has 0 aliphatic carbocycles. The molecule has 0 aromatic heterocycles. The van der Waals surface area contributed by atoms with Gasteiger partial charge in [-0.25, -0.2) is 14.0 Å². The molecule has 8 nitrogen and oxygen atoms in total. The molecule has 1 fully saturated rings. The summed E-state index contributed by atoms with van der Waals surface area (Å²) in [6.45, 7) is 5.96. The van der Waals surface area contributed by atoms with Crippen LogP contribution < -0.4 is 10.2 Å². The number of anilines is 2. The van der Waals surface area contributed by atoms with Crippen LogP contribution in [0.15, 0.2) is 48.5 Å². The number of para-hydroxylation sites is 1. The van der Waals surface area contributed by atoms with Crippen LogP contribution in [0.3, 0.4) is 0 Å². The second kappa shape index (κ2) is 11.7. The number of nitrogens with one attached hydrogen (secondary N) is 1. The van der Waals surface area contributed by atoms with E-state index in [0.29, 0.717) is 12.1 Å². The molecule has 1 aliphatic rings. The van der Waals surface area contributed by atoms with E-state index in [2.05, 4.69) is 15.1 Å². The number of aliphatic carboxylic acids is 2. The molecule has 1 saturated heterocycles. The lowest BCUT2D eigenvalue weighted by Crippen LogP contribution is -2.47. The number of benzene rings is 2. The fourth-order valence-electron chi connectivity index (χ4n) is 3.13. The molecule has 0 saturated carbocycles. The molecule has 2 aromatic rings. The molecule has 31 heavy (non-hydrogen) atoms. The first-order chi connectivity index (χ1) is 14.8. The molecule has 1 heterocycles. The first kappa shape index (κ1) is 23.8. The number of hydrogen-bond acceptors (Lipinski definition) is 5. The van der Waals surface area contributed by atoms with Gasteiger partial charge in [-0.15, -0.1) is 0 Å². The quantitative estimate of drug-likeness (QED) is 0.624. The lowest BCUT2D eigenvalue weighted by Gasteiger charge is -2.36. The highest BCUT2D eigenvalue weighted by Gasteiger charge is 2.19. The maximum Gasteiger partial charge on any atom is 0.414 e. The Bertz CT molecular complexity index is 902. The Balaban J connectivity index is 0.000000501. The van der Waals surface area contributed by atoms with Gasteiger partial charge in [0.15, 0.2) is 0 Å². The Hall–Kier alpha value is -3.46. The van der Waals surface area contributed by atoms with Crippen LogP contribution in [-0.2, 0) is 14.4 Å².